The highest BCUT2D eigenvalue weighted by Crippen LogP contribution is 2.13. The molecule has 3 rings (SSSR count). The Morgan fingerprint density at radius 3 is 2.71 bits per heavy atom. The van der Waals surface area contributed by atoms with Crippen molar-refractivity contribution >= 4 is 32.8 Å². The molecule has 0 aliphatic carbocycles. The Labute approximate surface area is 143 Å². The van der Waals surface area contributed by atoms with Crippen LogP contribution < -0.4 is 11.2 Å². The molecule has 2 aromatic heterocycles. The predicted octanol–water partition coefficient (Wildman–Crippen LogP) is 1.60. The molecule has 0 unspecified atom stereocenters. The topological polar surface area (TPSA) is 94.2 Å². The molecule has 122 valence electrons. The van der Waals surface area contributed by atoms with Crippen LogP contribution in [0.4, 0.5) is 0 Å². The van der Waals surface area contributed by atoms with E-state index in [0.717, 1.165) is 14.6 Å². The number of aryl methyl sites for hydroxylation is 1. The number of halogens is 1. The Morgan fingerprint density at radius 1 is 1.29 bits per heavy atom. The largest absolute Gasteiger partial charge is 0.477 e. The Kier molecular flexibility index (Phi) is 4.06. The number of benzene rings is 1. The molecule has 1 N–H and O–H groups in total. The van der Waals surface area contributed by atoms with Crippen LogP contribution >= 0.6 is 15.9 Å². The number of hydrogen-bond acceptors (Lipinski definition) is 4. The summed E-state index contributed by atoms with van der Waals surface area (Å²) in [7, 11) is 1.52. The number of carbonyl (C=O) groups is 1. The summed E-state index contributed by atoms with van der Waals surface area (Å²) in [6.07, 6.45) is 1.23. The van der Waals surface area contributed by atoms with Crippen LogP contribution in [0.2, 0.25) is 0 Å². The maximum Gasteiger partial charge on any atom is 0.354 e. The Morgan fingerprint density at radius 2 is 2.04 bits per heavy atom. The van der Waals surface area contributed by atoms with Gasteiger partial charge in [-0.05, 0) is 23.8 Å². The molecule has 1 aromatic carbocycles. The molecule has 0 radical (unpaired) electrons. The van der Waals surface area contributed by atoms with Crippen molar-refractivity contribution in [2.24, 2.45) is 7.05 Å². The summed E-state index contributed by atoms with van der Waals surface area (Å²) < 4.78 is 3.20. The van der Waals surface area contributed by atoms with Crippen molar-refractivity contribution in [3.05, 3.63) is 73.1 Å². The van der Waals surface area contributed by atoms with E-state index in [2.05, 4.69) is 20.9 Å². The Bertz CT molecular complexity index is 1080. The molecule has 3 aromatic rings. The van der Waals surface area contributed by atoms with Crippen molar-refractivity contribution in [3.8, 4) is 0 Å². The molecule has 2 heterocycles. The minimum atomic E-state index is -1.23. The van der Waals surface area contributed by atoms with E-state index >= 15 is 0 Å². The normalized spacial score (nSPS) is 10.9. The summed E-state index contributed by atoms with van der Waals surface area (Å²) in [5.74, 6) is -1.23. The quantitative estimate of drug-likeness (QED) is 0.733. The summed E-state index contributed by atoms with van der Waals surface area (Å²) in [5.41, 5.74) is -0.210. The lowest BCUT2D eigenvalue weighted by molar-refractivity contribution is 0.0690. The highest BCUT2D eigenvalue weighted by molar-refractivity contribution is 9.10. The fourth-order valence-corrected chi connectivity index (χ4v) is 2.92. The molecule has 7 nitrogen and oxygen atoms in total. The number of pyridine rings is 1. The van der Waals surface area contributed by atoms with Gasteiger partial charge in [-0.1, -0.05) is 28.1 Å². The zero-order valence-corrected chi connectivity index (χ0v) is 14.1. The van der Waals surface area contributed by atoms with E-state index in [-0.39, 0.29) is 17.6 Å². The number of aromatic nitrogens is 3. The van der Waals surface area contributed by atoms with Crippen molar-refractivity contribution in [3.63, 3.8) is 0 Å². The lowest BCUT2D eigenvalue weighted by Crippen LogP contribution is -2.39. The van der Waals surface area contributed by atoms with Gasteiger partial charge in [-0.3, -0.25) is 13.9 Å². The van der Waals surface area contributed by atoms with Crippen molar-refractivity contribution in [2.45, 2.75) is 6.54 Å². The summed E-state index contributed by atoms with van der Waals surface area (Å²) in [4.78, 5) is 40.0. The van der Waals surface area contributed by atoms with Gasteiger partial charge in [-0.15, -0.1) is 0 Å². The molecule has 0 aliphatic rings. The molecule has 0 bridgehead atoms. The first kappa shape index (κ1) is 16.1. The smallest absolute Gasteiger partial charge is 0.354 e. The van der Waals surface area contributed by atoms with Gasteiger partial charge in [0.05, 0.1) is 23.6 Å². The Hall–Kier alpha value is -2.74. The summed E-state index contributed by atoms with van der Waals surface area (Å²) in [6, 6.07) is 8.45. The minimum absolute atomic E-state index is 0.0889. The molecule has 0 saturated carbocycles. The van der Waals surface area contributed by atoms with Gasteiger partial charge in [0.1, 0.15) is 5.69 Å². The molecule has 0 fully saturated rings. The SMILES string of the molecule is Cn1c(=O)n(Cc2cccc(Br)c2)c(=O)c2cc(C(=O)O)ncc21. The average Bonchev–Trinajstić information content (AvgIpc) is 2.56. The van der Waals surface area contributed by atoms with Crippen molar-refractivity contribution in [2.75, 3.05) is 0 Å². The number of nitrogens with zero attached hydrogens (tertiary/aromatic N) is 3. The number of rotatable bonds is 3. The zero-order chi connectivity index (χ0) is 17.4. The summed E-state index contributed by atoms with van der Waals surface area (Å²) >= 11 is 3.35. The zero-order valence-electron chi connectivity index (χ0n) is 12.6. The first-order valence-corrected chi connectivity index (χ1v) is 7.75. The lowest BCUT2D eigenvalue weighted by Gasteiger charge is -2.11. The first-order chi connectivity index (χ1) is 11.4. The van der Waals surface area contributed by atoms with Gasteiger partial charge in [0.15, 0.2) is 0 Å². The second kappa shape index (κ2) is 6.04. The molecule has 8 heteroatoms. The molecule has 0 atom stereocenters. The van der Waals surface area contributed by atoms with Crippen LogP contribution in [0.3, 0.4) is 0 Å². The van der Waals surface area contributed by atoms with E-state index in [1.807, 2.05) is 18.2 Å². The van der Waals surface area contributed by atoms with Gasteiger partial charge in [-0.25, -0.2) is 14.6 Å². The molecular weight excluding hydrogens is 378 g/mol. The van der Waals surface area contributed by atoms with Crippen LogP contribution in [0.1, 0.15) is 16.1 Å². The number of aromatic carboxylic acids is 1. The van der Waals surface area contributed by atoms with Crippen LogP contribution in [0.25, 0.3) is 10.9 Å². The second-order valence-electron chi connectivity index (χ2n) is 5.25. The maximum absolute atomic E-state index is 12.7. The second-order valence-corrected chi connectivity index (χ2v) is 6.17. The van der Waals surface area contributed by atoms with Gasteiger partial charge in [-0.2, -0.15) is 0 Å². The summed E-state index contributed by atoms with van der Waals surface area (Å²) in [5, 5.41) is 9.19. The lowest BCUT2D eigenvalue weighted by atomic mass is 10.2. The van der Waals surface area contributed by atoms with E-state index in [4.69, 9.17) is 5.11 Å². The van der Waals surface area contributed by atoms with Gasteiger partial charge in [0.2, 0.25) is 0 Å². The fourth-order valence-electron chi connectivity index (χ4n) is 2.48. The first-order valence-electron chi connectivity index (χ1n) is 6.96. The highest BCUT2D eigenvalue weighted by Gasteiger charge is 2.14. The van der Waals surface area contributed by atoms with Crippen molar-refractivity contribution < 1.29 is 9.90 Å². The molecule has 0 aliphatic heterocycles. The van der Waals surface area contributed by atoms with Crippen LogP contribution in [0, 0.1) is 0 Å². The number of carboxylic acid groups (broad SMARTS) is 1. The molecule has 24 heavy (non-hydrogen) atoms. The third-order valence-electron chi connectivity index (χ3n) is 3.69. The molecule has 0 amide bonds. The van der Waals surface area contributed by atoms with Crippen LogP contribution in [0.5, 0.6) is 0 Å². The third-order valence-corrected chi connectivity index (χ3v) is 4.18. The minimum Gasteiger partial charge on any atom is -0.477 e. The van der Waals surface area contributed by atoms with Crippen LogP contribution in [-0.2, 0) is 13.6 Å². The van der Waals surface area contributed by atoms with Gasteiger partial charge in [0, 0.05) is 11.5 Å². The van der Waals surface area contributed by atoms with Crippen LogP contribution in [-0.4, -0.2) is 25.2 Å². The number of fused-ring (bicyclic) bond motifs is 1. The monoisotopic (exact) mass is 389 g/mol. The maximum atomic E-state index is 12.7. The summed E-state index contributed by atoms with van der Waals surface area (Å²) in [6.45, 7) is 0.0889. The van der Waals surface area contributed by atoms with Crippen molar-refractivity contribution in [1.29, 1.82) is 0 Å². The molecular formula is C16H12BrN3O4. The third kappa shape index (κ3) is 2.76. The molecule has 0 spiro atoms. The number of carboxylic acids is 1. The van der Waals surface area contributed by atoms with E-state index < -0.39 is 17.2 Å². The van der Waals surface area contributed by atoms with Crippen molar-refractivity contribution in [1.82, 2.24) is 14.1 Å². The molecule has 0 saturated heterocycles. The fraction of sp³-hybridized carbons (Fsp3) is 0.125. The van der Waals surface area contributed by atoms with Crippen LogP contribution in [0.15, 0.2) is 50.6 Å². The van der Waals surface area contributed by atoms with Gasteiger partial charge >= 0.3 is 11.7 Å². The van der Waals surface area contributed by atoms with E-state index in [0.29, 0.717) is 5.52 Å². The van der Waals surface area contributed by atoms with Gasteiger partial charge in [0.25, 0.3) is 5.56 Å². The standard InChI is InChI=1S/C16H12BrN3O4/c1-19-13-7-18-12(15(22)23)6-11(13)14(21)20(16(19)24)8-9-3-2-4-10(17)5-9/h2-7H,8H2,1H3,(H,22,23). The van der Waals surface area contributed by atoms with E-state index in [1.54, 1.807) is 6.07 Å². The highest BCUT2D eigenvalue weighted by atomic mass is 79.9. The van der Waals surface area contributed by atoms with E-state index in [9.17, 15) is 14.4 Å². The average molecular weight is 390 g/mol. The number of hydrogen-bond donors (Lipinski definition) is 1. The predicted molar refractivity (Wildman–Crippen MR) is 91.4 cm³/mol. The van der Waals surface area contributed by atoms with Gasteiger partial charge < -0.3 is 5.11 Å². The Balaban J connectivity index is 2.26. The van der Waals surface area contributed by atoms with E-state index in [1.165, 1.54) is 23.9 Å².